The van der Waals surface area contributed by atoms with Crippen LogP contribution in [-0.4, -0.2) is 18.9 Å². The monoisotopic (exact) mass is 306 g/mol. The van der Waals surface area contributed by atoms with Crippen LogP contribution in [0.4, 0.5) is 0 Å². The Morgan fingerprint density at radius 1 is 1.44 bits per heavy atom. The lowest BCUT2D eigenvalue weighted by Crippen LogP contribution is -2.42. The highest BCUT2D eigenvalue weighted by molar-refractivity contribution is 9.10. The van der Waals surface area contributed by atoms with Crippen molar-refractivity contribution in [3.63, 3.8) is 0 Å². The molecule has 0 radical (unpaired) electrons. The smallest absolute Gasteiger partial charge is 0.242 e. The van der Waals surface area contributed by atoms with E-state index in [4.69, 9.17) is 0 Å². The molecule has 1 aromatic heterocycles. The molecule has 1 rings (SSSR count). The van der Waals surface area contributed by atoms with Crippen LogP contribution in [0.2, 0.25) is 0 Å². The summed E-state index contributed by atoms with van der Waals surface area (Å²) >= 11 is 3.20. The Bertz CT molecular complexity index is 471. The van der Waals surface area contributed by atoms with Gasteiger partial charge in [0.2, 0.25) is 10.0 Å². The molecular formula is C10H15BrN2O2S. The minimum Gasteiger partial charge on any atom is -0.262 e. The predicted molar refractivity (Wildman–Crippen MR) is 66.6 cm³/mol. The van der Waals surface area contributed by atoms with E-state index in [-0.39, 0.29) is 4.90 Å². The number of hydrogen-bond acceptors (Lipinski definition) is 3. The highest BCUT2D eigenvalue weighted by Crippen LogP contribution is 2.17. The van der Waals surface area contributed by atoms with E-state index < -0.39 is 15.6 Å². The van der Waals surface area contributed by atoms with Gasteiger partial charge >= 0.3 is 0 Å². The van der Waals surface area contributed by atoms with Gasteiger partial charge in [0.15, 0.2) is 0 Å². The number of hydrogen-bond donors (Lipinski definition) is 1. The zero-order valence-electron chi connectivity index (χ0n) is 9.49. The molecule has 0 unspecified atom stereocenters. The fourth-order valence-corrected chi connectivity index (χ4v) is 3.02. The molecule has 0 bridgehead atoms. The average Bonchev–Trinajstić information content (AvgIpc) is 2.16. The predicted octanol–water partition coefficient (Wildman–Crippen LogP) is 2.31. The molecular weight excluding hydrogens is 292 g/mol. The van der Waals surface area contributed by atoms with E-state index in [1.54, 1.807) is 6.20 Å². The van der Waals surface area contributed by atoms with Gasteiger partial charge in [-0.2, -0.15) is 0 Å². The van der Waals surface area contributed by atoms with Gasteiger partial charge in [-0.05, 0) is 42.3 Å². The summed E-state index contributed by atoms with van der Waals surface area (Å²) in [7, 11) is -3.50. The minimum atomic E-state index is -3.50. The quantitative estimate of drug-likeness (QED) is 0.928. The normalized spacial score (nSPS) is 12.8. The molecule has 0 aromatic carbocycles. The van der Waals surface area contributed by atoms with E-state index in [0.29, 0.717) is 10.9 Å². The maximum Gasteiger partial charge on any atom is 0.242 e. The van der Waals surface area contributed by atoms with Gasteiger partial charge in [0.05, 0.1) is 0 Å². The summed E-state index contributed by atoms with van der Waals surface area (Å²) in [6, 6.07) is 1.53. The molecule has 0 saturated heterocycles. The Morgan fingerprint density at radius 3 is 2.56 bits per heavy atom. The molecule has 1 heterocycles. The van der Waals surface area contributed by atoms with Gasteiger partial charge in [-0.3, -0.25) is 4.98 Å². The molecule has 0 saturated carbocycles. The van der Waals surface area contributed by atoms with Crippen molar-refractivity contribution in [2.75, 3.05) is 0 Å². The Kier molecular flexibility index (Phi) is 4.09. The Balaban J connectivity index is 3.04. The van der Waals surface area contributed by atoms with Crippen LogP contribution >= 0.6 is 15.9 Å². The number of rotatable bonds is 4. The van der Waals surface area contributed by atoms with E-state index in [0.717, 1.165) is 0 Å². The summed E-state index contributed by atoms with van der Waals surface area (Å²) in [6.45, 7) is 5.62. The summed E-state index contributed by atoms with van der Waals surface area (Å²) in [6.07, 6.45) is 3.59. The van der Waals surface area contributed by atoms with Crippen LogP contribution in [0.5, 0.6) is 0 Å². The van der Waals surface area contributed by atoms with Gasteiger partial charge < -0.3 is 0 Å². The van der Waals surface area contributed by atoms with E-state index >= 15 is 0 Å². The van der Waals surface area contributed by atoms with Crippen molar-refractivity contribution in [1.29, 1.82) is 0 Å². The molecule has 1 N–H and O–H groups in total. The molecule has 16 heavy (non-hydrogen) atoms. The topological polar surface area (TPSA) is 59.1 Å². The van der Waals surface area contributed by atoms with Crippen LogP contribution < -0.4 is 4.72 Å². The van der Waals surface area contributed by atoms with Crippen LogP contribution in [0.15, 0.2) is 27.8 Å². The van der Waals surface area contributed by atoms with Gasteiger partial charge in [-0.25, -0.2) is 13.1 Å². The fourth-order valence-electron chi connectivity index (χ4n) is 1.03. The van der Waals surface area contributed by atoms with E-state index in [1.165, 1.54) is 12.3 Å². The van der Waals surface area contributed by atoms with Crippen molar-refractivity contribution in [2.45, 2.75) is 37.6 Å². The van der Waals surface area contributed by atoms with Crippen LogP contribution in [0, 0.1) is 0 Å². The lowest BCUT2D eigenvalue weighted by Gasteiger charge is -2.23. The van der Waals surface area contributed by atoms with Crippen molar-refractivity contribution in [2.24, 2.45) is 0 Å². The van der Waals surface area contributed by atoms with Crippen molar-refractivity contribution >= 4 is 26.0 Å². The number of nitrogens with one attached hydrogen (secondary N) is 1. The number of sulfonamides is 1. The van der Waals surface area contributed by atoms with Crippen LogP contribution in [0.25, 0.3) is 0 Å². The number of halogens is 1. The van der Waals surface area contributed by atoms with E-state index in [9.17, 15) is 8.42 Å². The molecule has 1 aromatic rings. The number of aromatic nitrogens is 1. The van der Waals surface area contributed by atoms with Gasteiger partial charge in [0.1, 0.15) is 4.90 Å². The van der Waals surface area contributed by atoms with Gasteiger partial charge in [-0.1, -0.05) is 6.92 Å². The maximum absolute atomic E-state index is 12.0. The second kappa shape index (κ2) is 4.81. The zero-order valence-corrected chi connectivity index (χ0v) is 11.9. The first-order valence-corrected chi connectivity index (χ1v) is 7.19. The number of pyridine rings is 1. The highest BCUT2D eigenvalue weighted by Gasteiger charge is 2.24. The van der Waals surface area contributed by atoms with Crippen LogP contribution in [-0.2, 0) is 10.0 Å². The van der Waals surface area contributed by atoms with Gasteiger partial charge in [0, 0.05) is 22.4 Å². The Hall–Kier alpha value is -0.460. The van der Waals surface area contributed by atoms with Crippen LogP contribution in [0.3, 0.4) is 0 Å². The molecule has 0 aliphatic rings. The first-order chi connectivity index (χ1) is 7.27. The standard InChI is InChI=1S/C10H15BrN2O2S/c1-4-10(2,3)13-16(14,15)9-5-8(11)6-12-7-9/h5-7,13H,4H2,1-3H3. The summed E-state index contributed by atoms with van der Waals surface area (Å²) in [5.74, 6) is 0. The van der Waals surface area contributed by atoms with Crippen molar-refractivity contribution in [1.82, 2.24) is 9.71 Å². The lowest BCUT2D eigenvalue weighted by molar-refractivity contribution is 0.439. The third kappa shape index (κ3) is 3.54. The molecule has 0 atom stereocenters. The second-order valence-corrected chi connectivity index (χ2v) is 6.78. The third-order valence-electron chi connectivity index (χ3n) is 2.28. The molecule has 0 amide bonds. The number of nitrogens with zero attached hydrogens (tertiary/aromatic N) is 1. The summed E-state index contributed by atoms with van der Waals surface area (Å²) in [5, 5.41) is 0. The van der Waals surface area contributed by atoms with Gasteiger partial charge in [-0.15, -0.1) is 0 Å². The average molecular weight is 307 g/mol. The molecule has 0 fully saturated rings. The van der Waals surface area contributed by atoms with Crippen molar-refractivity contribution in [3.8, 4) is 0 Å². The largest absolute Gasteiger partial charge is 0.262 e. The Morgan fingerprint density at radius 2 is 2.06 bits per heavy atom. The third-order valence-corrected chi connectivity index (χ3v) is 4.38. The van der Waals surface area contributed by atoms with Gasteiger partial charge in [0.25, 0.3) is 0 Å². The van der Waals surface area contributed by atoms with Crippen LogP contribution in [0.1, 0.15) is 27.2 Å². The zero-order chi connectivity index (χ0) is 12.4. The molecule has 4 nitrogen and oxygen atoms in total. The first kappa shape index (κ1) is 13.6. The molecule has 0 spiro atoms. The lowest BCUT2D eigenvalue weighted by atomic mass is 10.0. The molecule has 0 aliphatic carbocycles. The first-order valence-electron chi connectivity index (χ1n) is 4.91. The highest BCUT2D eigenvalue weighted by atomic mass is 79.9. The SMILES string of the molecule is CCC(C)(C)NS(=O)(=O)c1cncc(Br)c1. The molecule has 0 aliphatic heterocycles. The van der Waals surface area contributed by atoms with Crippen molar-refractivity contribution < 1.29 is 8.42 Å². The summed E-state index contributed by atoms with van der Waals surface area (Å²) in [4.78, 5) is 4.01. The fraction of sp³-hybridized carbons (Fsp3) is 0.500. The summed E-state index contributed by atoms with van der Waals surface area (Å²) < 4.78 is 27.3. The summed E-state index contributed by atoms with van der Waals surface area (Å²) in [5.41, 5.74) is -0.457. The molecule has 90 valence electrons. The maximum atomic E-state index is 12.0. The Labute approximate surface area is 105 Å². The van der Waals surface area contributed by atoms with E-state index in [2.05, 4.69) is 25.6 Å². The molecule has 6 heteroatoms. The van der Waals surface area contributed by atoms with Crippen molar-refractivity contribution in [3.05, 3.63) is 22.9 Å². The second-order valence-electron chi connectivity index (χ2n) is 4.18. The minimum absolute atomic E-state index is 0.170. The van der Waals surface area contributed by atoms with E-state index in [1.807, 2.05) is 20.8 Å².